The van der Waals surface area contributed by atoms with E-state index in [1.165, 1.54) is 11.1 Å². The first-order chi connectivity index (χ1) is 16.6. The molecule has 1 aliphatic heterocycles. The van der Waals surface area contributed by atoms with E-state index >= 15 is 0 Å². The quantitative estimate of drug-likeness (QED) is 0.492. The molecular weight excluding hydrogens is 420 g/mol. The Labute approximate surface area is 203 Å². The summed E-state index contributed by atoms with van der Waals surface area (Å²) in [5, 5.41) is 0. The minimum Gasteiger partial charge on any atom is -0.354 e. The lowest BCUT2D eigenvalue weighted by Gasteiger charge is -2.27. The molecule has 0 bridgehead atoms. The van der Waals surface area contributed by atoms with E-state index in [4.69, 9.17) is 9.97 Å². The number of anilines is 1. The van der Waals surface area contributed by atoms with Gasteiger partial charge in [-0.1, -0.05) is 74.5 Å². The molecule has 0 spiro atoms. The van der Waals surface area contributed by atoms with Gasteiger partial charge in [0.05, 0.1) is 5.92 Å². The van der Waals surface area contributed by atoms with E-state index in [1.54, 1.807) is 0 Å². The fourth-order valence-corrected chi connectivity index (χ4v) is 4.98. The Balaban J connectivity index is 1.56. The van der Waals surface area contributed by atoms with Gasteiger partial charge in [0.1, 0.15) is 11.6 Å². The van der Waals surface area contributed by atoms with Crippen LogP contribution < -0.4 is 4.90 Å². The minimum atomic E-state index is -0.0746. The van der Waals surface area contributed by atoms with Gasteiger partial charge in [0.25, 0.3) is 0 Å². The molecule has 2 aromatic carbocycles. The van der Waals surface area contributed by atoms with Crippen molar-refractivity contribution in [2.75, 3.05) is 31.1 Å². The zero-order valence-corrected chi connectivity index (χ0v) is 20.7. The van der Waals surface area contributed by atoms with Gasteiger partial charge in [-0.05, 0) is 37.3 Å². The molecule has 0 N–H and O–H groups in total. The van der Waals surface area contributed by atoms with Crippen LogP contribution in [0.5, 0.6) is 0 Å². The van der Waals surface area contributed by atoms with Gasteiger partial charge < -0.3 is 9.80 Å². The summed E-state index contributed by atoms with van der Waals surface area (Å²) in [5.74, 6) is 2.02. The van der Waals surface area contributed by atoms with Gasteiger partial charge in [-0.15, -0.1) is 0 Å². The van der Waals surface area contributed by atoms with Gasteiger partial charge in [0.2, 0.25) is 5.91 Å². The van der Waals surface area contributed by atoms with Crippen molar-refractivity contribution in [3.8, 4) is 0 Å². The van der Waals surface area contributed by atoms with E-state index in [-0.39, 0.29) is 11.8 Å². The molecule has 4 rings (SSSR count). The summed E-state index contributed by atoms with van der Waals surface area (Å²) < 4.78 is 0. The predicted molar refractivity (Wildman–Crippen MR) is 138 cm³/mol. The van der Waals surface area contributed by atoms with E-state index < -0.39 is 0 Å². The molecule has 178 valence electrons. The van der Waals surface area contributed by atoms with Crippen LogP contribution in [0, 0.1) is 6.92 Å². The lowest BCUT2D eigenvalue weighted by molar-refractivity contribution is -0.132. The fourth-order valence-electron chi connectivity index (χ4n) is 4.98. The largest absolute Gasteiger partial charge is 0.354 e. The van der Waals surface area contributed by atoms with Crippen LogP contribution in [0.4, 0.5) is 5.82 Å². The summed E-state index contributed by atoms with van der Waals surface area (Å²) in [7, 11) is 0. The molecule has 0 saturated carbocycles. The van der Waals surface area contributed by atoms with Gasteiger partial charge in [0, 0.05) is 43.9 Å². The first kappa shape index (κ1) is 23.9. The molecule has 1 fully saturated rings. The summed E-state index contributed by atoms with van der Waals surface area (Å²) in [4.78, 5) is 27.6. The monoisotopic (exact) mass is 456 g/mol. The van der Waals surface area contributed by atoms with E-state index in [9.17, 15) is 4.79 Å². The zero-order valence-electron chi connectivity index (χ0n) is 20.7. The molecule has 5 nitrogen and oxygen atoms in total. The molecular formula is C29H36N4O. The Kier molecular flexibility index (Phi) is 7.94. The highest BCUT2D eigenvalue weighted by Gasteiger charge is 2.27. The second-order valence-corrected chi connectivity index (χ2v) is 9.07. The summed E-state index contributed by atoms with van der Waals surface area (Å²) in [6.45, 7) is 9.44. The van der Waals surface area contributed by atoms with Crippen LogP contribution in [-0.2, 0) is 17.6 Å². The van der Waals surface area contributed by atoms with Crippen molar-refractivity contribution in [3.63, 3.8) is 0 Å². The van der Waals surface area contributed by atoms with Crippen molar-refractivity contribution < 1.29 is 4.79 Å². The maximum Gasteiger partial charge on any atom is 0.230 e. The summed E-state index contributed by atoms with van der Waals surface area (Å²) in [6, 6.07) is 20.7. The number of carbonyl (C=O) groups is 1. The van der Waals surface area contributed by atoms with Crippen LogP contribution in [0.2, 0.25) is 0 Å². The molecule has 1 aliphatic rings. The second kappa shape index (κ2) is 11.3. The molecule has 1 atom stereocenters. The smallest absolute Gasteiger partial charge is 0.230 e. The van der Waals surface area contributed by atoms with Crippen LogP contribution in [0.3, 0.4) is 0 Å². The van der Waals surface area contributed by atoms with Gasteiger partial charge >= 0.3 is 0 Å². The maximum absolute atomic E-state index is 13.5. The normalized spacial score (nSPS) is 15.1. The molecule has 2 heterocycles. The molecule has 1 unspecified atom stereocenters. The topological polar surface area (TPSA) is 49.3 Å². The predicted octanol–water partition coefficient (Wildman–Crippen LogP) is 5.17. The molecule has 1 amide bonds. The van der Waals surface area contributed by atoms with E-state index in [2.05, 4.69) is 66.1 Å². The molecule has 3 aromatic rings. The fraction of sp³-hybridized carbons (Fsp3) is 0.414. The zero-order chi connectivity index (χ0) is 23.9. The molecule has 0 aliphatic carbocycles. The molecule has 5 heteroatoms. The van der Waals surface area contributed by atoms with E-state index in [1.807, 2.05) is 25.1 Å². The number of aryl methyl sites for hydroxylation is 2. The number of amides is 1. The average Bonchev–Trinajstić information content (AvgIpc) is 3.13. The highest BCUT2D eigenvalue weighted by atomic mass is 16.2. The van der Waals surface area contributed by atoms with Gasteiger partial charge in [-0.3, -0.25) is 4.79 Å². The van der Waals surface area contributed by atoms with Crippen LogP contribution in [0.15, 0.2) is 60.7 Å². The standard InChI is InChI=1S/C29H36N4O/c1-4-25(24-15-10-7-11-16-24)29(34)33-18-12-17-32(19-20-33)28-26(21-23-13-8-6-9-14-23)27(5-2)30-22(3)31-28/h6-11,13-16,25H,4-5,12,17-21H2,1-3H3. The molecule has 1 saturated heterocycles. The van der Waals surface area contributed by atoms with Crippen LogP contribution >= 0.6 is 0 Å². The Morgan fingerprint density at radius 2 is 1.62 bits per heavy atom. The lowest BCUT2D eigenvalue weighted by Crippen LogP contribution is -2.38. The Morgan fingerprint density at radius 1 is 0.912 bits per heavy atom. The van der Waals surface area contributed by atoms with Crippen molar-refractivity contribution >= 4 is 11.7 Å². The first-order valence-corrected chi connectivity index (χ1v) is 12.6. The second-order valence-electron chi connectivity index (χ2n) is 9.07. The highest BCUT2D eigenvalue weighted by Crippen LogP contribution is 2.27. The van der Waals surface area contributed by atoms with Crippen molar-refractivity contribution in [3.05, 3.63) is 88.9 Å². The Bertz CT molecular complexity index is 1080. The summed E-state index contributed by atoms with van der Waals surface area (Å²) >= 11 is 0. The summed E-state index contributed by atoms with van der Waals surface area (Å²) in [6.07, 6.45) is 3.46. The number of aromatic nitrogens is 2. The number of nitrogens with zero attached hydrogens (tertiary/aromatic N) is 4. The minimum absolute atomic E-state index is 0.0746. The van der Waals surface area contributed by atoms with E-state index in [0.29, 0.717) is 0 Å². The molecule has 1 aromatic heterocycles. The van der Waals surface area contributed by atoms with Crippen molar-refractivity contribution in [1.29, 1.82) is 0 Å². The van der Waals surface area contributed by atoms with Gasteiger partial charge in [-0.25, -0.2) is 9.97 Å². The third-order valence-electron chi connectivity index (χ3n) is 6.76. The van der Waals surface area contributed by atoms with E-state index in [0.717, 1.165) is 74.8 Å². The third-order valence-corrected chi connectivity index (χ3v) is 6.76. The summed E-state index contributed by atoms with van der Waals surface area (Å²) in [5.41, 5.74) is 4.72. The molecule has 34 heavy (non-hydrogen) atoms. The number of hydrogen-bond acceptors (Lipinski definition) is 4. The van der Waals surface area contributed by atoms with Crippen LogP contribution in [0.25, 0.3) is 0 Å². The van der Waals surface area contributed by atoms with Crippen LogP contribution in [-0.4, -0.2) is 47.0 Å². The van der Waals surface area contributed by atoms with Gasteiger partial charge in [-0.2, -0.15) is 0 Å². The first-order valence-electron chi connectivity index (χ1n) is 12.6. The molecule has 0 radical (unpaired) electrons. The average molecular weight is 457 g/mol. The number of benzene rings is 2. The van der Waals surface area contributed by atoms with Crippen LogP contribution in [0.1, 0.15) is 60.8 Å². The third kappa shape index (κ3) is 5.46. The number of hydrogen-bond donors (Lipinski definition) is 0. The van der Waals surface area contributed by atoms with Crippen molar-refractivity contribution in [1.82, 2.24) is 14.9 Å². The van der Waals surface area contributed by atoms with Crippen molar-refractivity contribution in [2.45, 2.75) is 52.4 Å². The highest BCUT2D eigenvalue weighted by molar-refractivity contribution is 5.83. The Hall–Kier alpha value is -3.21. The maximum atomic E-state index is 13.5. The van der Waals surface area contributed by atoms with Crippen molar-refractivity contribution in [2.24, 2.45) is 0 Å². The number of rotatable bonds is 7. The Morgan fingerprint density at radius 3 is 2.29 bits per heavy atom. The lowest BCUT2D eigenvalue weighted by atomic mass is 9.95. The SMILES string of the molecule is CCc1nc(C)nc(N2CCCN(C(=O)C(CC)c3ccccc3)CC2)c1Cc1ccccc1. The number of carbonyl (C=O) groups excluding carboxylic acids is 1. The van der Waals surface area contributed by atoms with Gasteiger partial charge in [0.15, 0.2) is 0 Å².